The summed E-state index contributed by atoms with van der Waals surface area (Å²) in [6.07, 6.45) is 5.47. The van der Waals surface area contributed by atoms with E-state index in [1.165, 1.54) is 37.0 Å². The Kier molecular flexibility index (Phi) is 4.09. The summed E-state index contributed by atoms with van der Waals surface area (Å²) in [4.78, 5) is 13.8. The van der Waals surface area contributed by atoms with Crippen LogP contribution in [-0.2, 0) is 0 Å². The minimum atomic E-state index is 0.0403. The molecule has 3 atom stereocenters. The predicted octanol–water partition coefficient (Wildman–Crippen LogP) is 2.22. The van der Waals surface area contributed by atoms with Crippen LogP contribution in [0.25, 0.3) is 0 Å². The lowest BCUT2D eigenvalue weighted by molar-refractivity contribution is 0.0946. The summed E-state index contributed by atoms with van der Waals surface area (Å²) >= 11 is 1.44. The highest BCUT2D eigenvalue weighted by molar-refractivity contribution is 7.14. The van der Waals surface area contributed by atoms with Crippen LogP contribution >= 0.6 is 11.3 Å². The molecule has 1 aromatic heterocycles. The second-order valence-corrected chi connectivity index (χ2v) is 6.90. The van der Waals surface area contributed by atoms with Gasteiger partial charge in [-0.2, -0.15) is 0 Å². The number of rotatable bonds is 3. The molecule has 1 amide bonds. The van der Waals surface area contributed by atoms with Gasteiger partial charge in [0.1, 0.15) is 0 Å². The fourth-order valence-electron chi connectivity index (χ4n) is 3.60. The van der Waals surface area contributed by atoms with Crippen LogP contribution in [0.1, 0.15) is 40.2 Å². The number of hydrogen-bond acceptors (Lipinski definition) is 3. The lowest BCUT2D eigenvalue weighted by Crippen LogP contribution is -2.31. The van der Waals surface area contributed by atoms with E-state index < -0.39 is 0 Å². The summed E-state index contributed by atoms with van der Waals surface area (Å²) < 4.78 is 0. The van der Waals surface area contributed by atoms with Gasteiger partial charge in [0.2, 0.25) is 0 Å². The minimum Gasteiger partial charge on any atom is -0.351 e. The van der Waals surface area contributed by atoms with Gasteiger partial charge in [0.25, 0.3) is 5.91 Å². The average Bonchev–Trinajstić information content (AvgIpc) is 3.18. The highest BCUT2D eigenvalue weighted by Crippen LogP contribution is 2.47. The van der Waals surface area contributed by atoms with Gasteiger partial charge in [0, 0.05) is 6.54 Å². The fraction of sp³-hybridized carbons (Fsp3) is 0.562. The number of carbonyl (C=O) groups excluding carboxylic acids is 1. The third kappa shape index (κ3) is 2.89. The minimum absolute atomic E-state index is 0.0403. The summed E-state index contributed by atoms with van der Waals surface area (Å²) in [6.45, 7) is 1.19. The molecule has 0 aromatic carbocycles. The zero-order valence-corrected chi connectivity index (χ0v) is 12.3. The van der Waals surface area contributed by atoms with Gasteiger partial charge in [-0.05, 0) is 49.1 Å². The van der Waals surface area contributed by atoms with Crippen molar-refractivity contribution in [1.82, 2.24) is 5.32 Å². The van der Waals surface area contributed by atoms with Crippen molar-refractivity contribution in [2.45, 2.75) is 25.7 Å². The number of hydrogen-bond donors (Lipinski definition) is 2. The van der Waals surface area contributed by atoms with E-state index in [9.17, 15) is 4.79 Å². The zero-order valence-electron chi connectivity index (χ0n) is 11.5. The molecule has 0 aliphatic heterocycles. The second kappa shape index (κ2) is 5.99. The maximum Gasteiger partial charge on any atom is 0.261 e. The first-order valence-electron chi connectivity index (χ1n) is 7.33. The first-order chi connectivity index (χ1) is 9.76. The van der Waals surface area contributed by atoms with Gasteiger partial charge in [0.05, 0.1) is 16.3 Å². The smallest absolute Gasteiger partial charge is 0.261 e. The van der Waals surface area contributed by atoms with Gasteiger partial charge in [-0.3, -0.25) is 4.79 Å². The maximum absolute atomic E-state index is 12.1. The first-order valence-corrected chi connectivity index (χ1v) is 8.15. The average molecular weight is 288 g/mol. The van der Waals surface area contributed by atoms with Crippen LogP contribution in [0, 0.1) is 29.6 Å². The van der Waals surface area contributed by atoms with Crippen molar-refractivity contribution in [1.29, 1.82) is 0 Å². The Morgan fingerprint density at radius 3 is 3.00 bits per heavy atom. The molecule has 1 heterocycles. The highest BCUT2D eigenvalue weighted by Gasteiger charge is 2.39. The van der Waals surface area contributed by atoms with Crippen LogP contribution in [0.4, 0.5) is 0 Å². The number of carbonyl (C=O) groups is 1. The molecule has 106 valence electrons. The van der Waals surface area contributed by atoms with E-state index in [0.717, 1.165) is 28.1 Å². The summed E-state index contributed by atoms with van der Waals surface area (Å²) in [6, 6.07) is 3.74. The summed E-state index contributed by atoms with van der Waals surface area (Å²) in [5.74, 6) is 8.30. The lowest BCUT2D eigenvalue weighted by Gasteiger charge is -2.21. The van der Waals surface area contributed by atoms with Gasteiger partial charge < -0.3 is 11.1 Å². The molecule has 3 nitrogen and oxygen atoms in total. The summed E-state index contributed by atoms with van der Waals surface area (Å²) in [5, 5.41) is 3.09. The van der Waals surface area contributed by atoms with E-state index in [-0.39, 0.29) is 5.91 Å². The number of amides is 1. The number of nitrogens with one attached hydrogen (secondary N) is 1. The molecule has 0 saturated heterocycles. The SMILES string of the molecule is NCC#Cc1ccc(C(=O)NCC2CC3CCC2C3)s1. The van der Waals surface area contributed by atoms with Gasteiger partial charge in [-0.15, -0.1) is 11.3 Å². The molecular formula is C16H20N2OS. The van der Waals surface area contributed by atoms with Gasteiger partial charge in [0.15, 0.2) is 0 Å². The van der Waals surface area contributed by atoms with Crippen molar-refractivity contribution in [2.24, 2.45) is 23.5 Å². The van der Waals surface area contributed by atoms with Crippen LogP contribution in [0.5, 0.6) is 0 Å². The Morgan fingerprint density at radius 1 is 1.40 bits per heavy atom. The molecule has 20 heavy (non-hydrogen) atoms. The molecular weight excluding hydrogens is 268 g/mol. The van der Waals surface area contributed by atoms with Crippen molar-refractivity contribution in [3.05, 3.63) is 21.9 Å². The van der Waals surface area contributed by atoms with Crippen LogP contribution in [-0.4, -0.2) is 19.0 Å². The molecule has 2 aliphatic rings. The third-order valence-electron chi connectivity index (χ3n) is 4.55. The van der Waals surface area contributed by atoms with Crippen molar-refractivity contribution >= 4 is 17.2 Å². The van der Waals surface area contributed by atoms with Crippen LogP contribution in [0.2, 0.25) is 0 Å². The number of thiophene rings is 1. The van der Waals surface area contributed by atoms with E-state index in [1.807, 2.05) is 12.1 Å². The van der Waals surface area contributed by atoms with E-state index in [4.69, 9.17) is 5.73 Å². The standard InChI is InChI=1S/C16H20N2OS/c17-7-1-2-14-5-6-15(20-14)16(19)18-10-13-9-11-3-4-12(13)8-11/h5-6,11-13H,3-4,7-10,17H2,(H,18,19). The summed E-state index contributed by atoms with van der Waals surface area (Å²) in [5.41, 5.74) is 5.34. The second-order valence-electron chi connectivity index (χ2n) is 5.81. The molecule has 2 bridgehead atoms. The first kappa shape index (κ1) is 13.7. The largest absolute Gasteiger partial charge is 0.351 e. The molecule has 2 aliphatic carbocycles. The van der Waals surface area contributed by atoms with Crippen molar-refractivity contribution in [2.75, 3.05) is 13.1 Å². The lowest BCUT2D eigenvalue weighted by atomic mass is 9.89. The number of nitrogens with two attached hydrogens (primary N) is 1. The Bertz CT molecular complexity index is 554. The normalized spacial score (nSPS) is 27.1. The fourth-order valence-corrected chi connectivity index (χ4v) is 4.40. The van der Waals surface area contributed by atoms with Crippen molar-refractivity contribution in [3.63, 3.8) is 0 Å². The molecule has 2 saturated carbocycles. The van der Waals surface area contributed by atoms with Crippen LogP contribution in [0.3, 0.4) is 0 Å². The molecule has 3 rings (SSSR count). The Hall–Kier alpha value is -1.31. The van der Waals surface area contributed by atoms with Crippen LogP contribution in [0.15, 0.2) is 12.1 Å². The van der Waals surface area contributed by atoms with Crippen LogP contribution < -0.4 is 11.1 Å². The molecule has 4 heteroatoms. The van der Waals surface area contributed by atoms with E-state index in [1.54, 1.807) is 0 Å². The zero-order chi connectivity index (χ0) is 13.9. The Labute approximate surface area is 123 Å². The Morgan fingerprint density at radius 2 is 2.30 bits per heavy atom. The third-order valence-corrected chi connectivity index (χ3v) is 5.55. The molecule has 0 spiro atoms. The van der Waals surface area contributed by atoms with Gasteiger partial charge >= 0.3 is 0 Å². The van der Waals surface area contributed by atoms with Gasteiger partial charge in [-0.1, -0.05) is 18.3 Å². The molecule has 2 fully saturated rings. The van der Waals surface area contributed by atoms with E-state index in [2.05, 4.69) is 17.2 Å². The van der Waals surface area contributed by atoms with Crippen molar-refractivity contribution in [3.8, 4) is 11.8 Å². The number of fused-ring (bicyclic) bond motifs is 2. The maximum atomic E-state index is 12.1. The Balaban J connectivity index is 1.53. The predicted molar refractivity (Wildman–Crippen MR) is 81.5 cm³/mol. The quantitative estimate of drug-likeness (QED) is 0.838. The topological polar surface area (TPSA) is 55.1 Å². The summed E-state index contributed by atoms with van der Waals surface area (Å²) in [7, 11) is 0. The molecule has 1 aromatic rings. The highest BCUT2D eigenvalue weighted by atomic mass is 32.1. The monoisotopic (exact) mass is 288 g/mol. The molecule has 0 radical (unpaired) electrons. The van der Waals surface area contributed by atoms with Crippen molar-refractivity contribution < 1.29 is 4.79 Å². The van der Waals surface area contributed by atoms with E-state index in [0.29, 0.717) is 12.5 Å². The molecule has 3 N–H and O–H groups in total. The van der Waals surface area contributed by atoms with Gasteiger partial charge in [-0.25, -0.2) is 0 Å². The van der Waals surface area contributed by atoms with E-state index >= 15 is 0 Å². The molecule has 3 unspecified atom stereocenters.